The van der Waals surface area contributed by atoms with Crippen LogP contribution in [0.25, 0.3) is 16.6 Å². The number of allylic oxidation sites excluding steroid dienone is 1. The van der Waals surface area contributed by atoms with E-state index in [1.165, 1.54) is 17.6 Å². The highest BCUT2D eigenvalue weighted by Gasteiger charge is 2.31. The number of carboxylic acids is 1. The molecule has 2 aromatic carbocycles. The van der Waals surface area contributed by atoms with Crippen LogP contribution in [0.3, 0.4) is 0 Å². The van der Waals surface area contributed by atoms with Crippen LogP contribution in [0.1, 0.15) is 62.4 Å². The summed E-state index contributed by atoms with van der Waals surface area (Å²) in [5.41, 5.74) is 8.15. The second-order valence-corrected chi connectivity index (χ2v) is 23.5. The van der Waals surface area contributed by atoms with Crippen molar-refractivity contribution in [1.82, 2.24) is 14.5 Å². The SMILES string of the molecule is C[C@H]1CCN(c2cc(N3CCN(CC4=C(c5ccc(Cl)cc5)CC(C)(C)CC4)CC3)ccc2C(=O)O)c2cc3ccn(COCC[Si](C)(C)C)c3nc2O1. The summed E-state index contributed by atoms with van der Waals surface area (Å²) >= 11 is 6.25. The van der Waals surface area contributed by atoms with E-state index >= 15 is 0 Å². The minimum Gasteiger partial charge on any atom is -0.478 e. The van der Waals surface area contributed by atoms with Gasteiger partial charge in [-0.15, -0.1) is 0 Å². The van der Waals surface area contributed by atoms with Crippen molar-refractivity contribution in [1.29, 1.82) is 0 Å². The molecule has 0 saturated carbocycles. The van der Waals surface area contributed by atoms with E-state index in [0.29, 0.717) is 24.8 Å². The number of hydrogen-bond acceptors (Lipinski definition) is 7. The summed E-state index contributed by atoms with van der Waals surface area (Å²) in [6.45, 7) is 20.2. The molecule has 1 atom stereocenters. The number of fused-ring (bicyclic) bond motifs is 2. The summed E-state index contributed by atoms with van der Waals surface area (Å²) in [4.78, 5) is 24.8. The highest BCUT2D eigenvalue weighted by molar-refractivity contribution is 6.76. The Hall–Kier alpha value is -3.83. The molecule has 11 heteroatoms. The zero-order valence-corrected chi connectivity index (χ0v) is 34.6. The first-order chi connectivity index (χ1) is 25.7. The molecule has 1 N–H and O–H groups in total. The Balaban J connectivity index is 1.11. The molecule has 7 rings (SSSR count). The Labute approximate surface area is 326 Å². The van der Waals surface area contributed by atoms with Crippen molar-refractivity contribution < 1.29 is 19.4 Å². The van der Waals surface area contributed by atoms with Crippen molar-refractivity contribution in [2.45, 2.75) is 85.0 Å². The lowest BCUT2D eigenvalue weighted by Crippen LogP contribution is -2.47. The summed E-state index contributed by atoms with van der Waals surface area (Å²) in [6, 6.07) is 19.4. The number of piperazine rings is 1. The molecule has 1 saturated heterocycles. The second kappa shape index (κ2) is 15.7. The average Bonchev–Trinajstić information content (AvgIpc) is 3.44. The maximum atomic E-state index is 12.7. The normalized spacial score (nSPS) is 19.5. The number of benzene rings is 2. The van der Waals surface area contributed by atoms with E-state index in [0.717, 1.165) is 92.1 Å². The predicted molar refractivity (Wildman–Crippen MR) is 224 cm³/mol. The van der Waals surface area contributed by atoms with Gasteiger partial charge in [0.2, 0.25) is 5.88 Å². The van der Waals surface area contributed by atoms with Crippen LogP contribution in [0.5, 0.6) is 5.88 Å². The van der Waals surface area contributed by atoms with Gasteiger partial charge in [0.05, 0.1) is 17.4 Å². The van der Waals surface area contributed by atoms with Gasteiger partial charge in [-0.25, -0.2) is 4.79 Å². The fourth-order valence-corrected chi connectivity index (χ4v) is 8.84. The van der Waals surface area contributed by atoms with Gasteiger partial charge in [-0.2, -0.15) is 4.98 Å². The molecule has 1 fully saturated rings. The zero-order chi connectivity index (χ0) is 38.2. The van der Waals surface area contributed by atoms with E-state index < -0.39 is 14.0 Å². The first-order valence-corrected chi connectivity index (χ1v) is 23.6. The smallest absolute Gasteiger partial charge is 0.337 e. The molecule has 2 aromatic heterocycles. The topological polar surface area (TPSA) is 83.3 Å². The maximum Gasteiger partial charge on any atom is 0.337 e. The van der Waals surface area contributed by atoms with E-state index in [1.807, 2.05) is 42.0 Å². The van der Waals surface area contributed by atoms with Crippen LogP contribution in [-0.2, 0) is 11.5 Å². The fourth-order valence-electron chi connectivity index (χ4n) is 7.96. The van der Waals surface area contributed by atoms with E-state index in [-0.39, 0.29) is 17.1 Å². The molecule has 0 radical (unpaired) electrons. The summed E-state index contributed by atoms with van der Waals surface area (Å²) in [5, 5.41) is 12.2. The number of nitrogens with zero attached hydrogens (tertiary/aromatic N) is 5. The molecule has 54 heavy (non-hydrogen) atoms. The predicted octanol–water partition coefficient (Wildman–Crippen LogP) is 9.80. The van der Waals surface area contributed by atoms with Gasteiger partial charge >= 0.3 is 5.97 Å². The number of ether oxygens (including phenoxy) is 2. The van der Waals surface area contributed by atoms with Crippen molar-refractivity contribution in [3.05, 3.63) is 82.5 Å². The van der Waals surface area contributed by atoms with Gasteiger partial charge in [0.1, 0.15) is 18.1 Å². The van der Waals surface area contributed by atoms with Crippen molar-refractivity contribution in [3.63, 3.8) is 0 Å². The monoisotopic (exact) mass is 769 g/mol. The zero-order valence-electron chi connectivity index (χ0n) is 32.8. The maximum absolute atomic E-state index is 12.7. The van der Waals surface area contributed by atoms with Crippen LogP contribution >= 0.6 is 11.6 Å². The highest BCUT2D eigenvalue weighted by Crippen LogP contribution is 2.44. The number of carboxylic acid groups (broad SMARTS) is 1. The van der Waals surface area contributed by atoms with E-state index in [1.54, 1.807) is 11.6 Å². The Bertz CT molecular complexity index is 2010. The van der Waals surface area contributed by atoms with Crippen LogP contribution in [0.15, 0.2) is 66.4 Å². The summed E-state index contributed by atoms with van der Waals surface area (Å²) in [7, 11) is -1.19. The second-order valence-electron chi connectivity index (χ2n) is 17.4. The number of aromatic carboxylic acids is 1. The lowest BCUT2D eigenvalue weighted by atomic mass is 9.72. The molecular formula is C43H56ClN5O4Si. The molecule has 1 aliphatic carbocycles. The molecule has 2 aliphatic heterocycles. The van der Waals surface area contributed by atoms with Crippen molar-refractivity contribution in [3.8, 4) is 5.88 Å². The molecule has 0 unspecified atom stereocenters. The standard InChI is InChI=1S/C43H56ClN5O4Si/c1-30-14-18-49(39-25-32-15-17-48(40(32)45-41(39)53-30)29-52-23-24-54(4,5)6)38-26-35(11-12-36(38)42(50)51)47-21-19-46(20-22-47)28-33-13-16-43(2,3)27-37(33)31-7-9-34(44)10-8-31/h7-12,15,17,25-26,30H,13-14,16,18-24,27-29H2,1-6H3,(H,50,51)/t30-/m0/s1. The van der Waals surface area contributed by atoms with Crippen LogP contribution in [-0.4, -0.2) is 85.6 Å². The summed E-state index contributed by atoms with van der Waals surface area (Å²) in [5.74, 6) is -0.430. The van der Waals surface area contributed by atoms with Gasteiger partial charge in [-0.3, -0.25) is 4.90 Å². The third kappa shape index (κ3) is 8.83. The lowest BCUT2D eigenvalue weighted by molar-refractivity contribution is 0.0697. The summed E-state index contributed by atoms with van der Waals surface area (Å²) in [6.07, 6.45) is 6.04. The summed E-state index contributed by atoms with van der Waals surface area (Å²) < 4.78 is 14.5. The minimum absolute atomic E-state index is 0.0785. The van der Waals surface area contributed by atoms with Crippen LogP contribution in [0, 0.1) is 5.41 Å². The largest absolute Gasteiger partial charge is 0.478 e. The molecule has 9 nitrogen and oxygen atoms in total. The molecule has 0 spiro atoms. The first-order valence-electron chi connectivity index (χ1n) is 19.6. The highest BCUT2D eigenvalue weighted by atomic mass is 35.5. The van der Waals surface area contributed by atoms with Crippen molar-refractivity contribution in [2.75, 3.05) is 55.7 Å². The van der Waals surface area contributed by atoms with E-state index in [2.05, 4.69) is 72.5 Å². The molecular weight excluding hydrogens is 714 g/mol. The molecule has 4 heterocycles. The van der Waals surface area contributed by atoms with Crippen molar-refractivity contribution in [2.24, 2.45) is 5.41 Å². The molecule has 3 aliphatic rings. The number of carbonyl (C=O) groups is 1. The number of halogens is 1. The third-order valence-electron chi connectivity index (χ3n) is 11.3. The lowest BCUT2D eigenvalue weighted by Gasteiger charge is -2.39. The molecule has 0 bridgehead atoms. The number of rotatable bonds is 11. The van der Waals surface area contributed by atoms with Crippen LogP contribution in [0.2, 0.25) is 30.7 Å². The number of pyridine rings is 1. The molecule has 4 aromatic rings. The minimum atomic E-state index is -1.19. The van der Waals surface area contributed by atoms with Crippen LogP contribution in [0.4, 0.5) is 17.1 Å². The Morgan fingerprint density at radius 2 is 1.78 bits per heavy atom. The Kier molecular flexibility index (Phi) is 11.2. The molecule has 288 valence electrons. The van der Waals surface area contributed by atoms with Gasteiger partial charge in [0.15, 0.2) is 0 Å². The third-order valence-corrected chi connectivity index (χ3v) is 13.3. The fraction of sp³-hybridized carbons (Fsp3) is 0.488. The van der Waals surface area contributed by atoms with Gasteiger partial charge in [-0.05, 0) is 91.2 Å². The van der Waals surface area contributed by atoms with E-state index in [9.17, 15) is 9.90 Å². The van der Waals surface area contributed by atoms with Gasteiger partial charge in [0.25, 0.3) is 0 Å². The van der Waals surface area contributed by atoms with E-state index in [4.69, 9.17) is 26.1 Å². The first kappa shape index (κ1) is 38.4. The van der Waals surface area contributed by atoms with Crippen LogP contribution < -0.4 is 14.5 Å². The quantitative estimate of drug-likeness (QED) is 0.119. The average molecular weight is 770 g/mol. The van der Waals surface area contributed by atoms with Gasteiger partial charge in [0, 0.05) is 82.7 Å². The Morgan fingerprint density at radius 1 is 1.02 bits per heavy atom. The van der Waals surface area contributed by atoms with Gasteiger partial charge < -0.3 is 28.9 Å². The number of hydrogen-bond donors (Lipinski definition) is 1. The number of aromatic nitrogens is 2. The molecule has 0 amide bonds. The number of anilines is 3. The van der Waals surface area contributed by atoms with Gasteiger partial charge in [-0.1, -0.05) is 62.8 Å². The Morgan fingerprint density at radius 3 is 2.50 bits per heavy atom. The van der Waals surface area contributed by atoms with Crippen molar-refractivity contribution >= 4 is 59.3 Å².